The average molecular weight is 367 g/mol. The van der Waals surface area contributed by atoms with Crippen LogP contribution in [0.15, 0.2) is 19.6 Å². The van der Waals surface area contributed by atoms with Gasteiger partial charge in [0, 0.05) is 19.1 Å². The van der Waals surface area contributed by atoms with Gasteiger partial charge in [-0.2, -0.15) is 0 Å². The maximum atomic E-state index is 5.78. The molecule has 0 amide bonds. The topological polar surface area (TPSA) is 34.4 Å². The molecule has 0 aliphatic carbocycles. The number of hydrogen-bond donors (Lipinski definition) is 1. The molecule has 0 saturated carbocycles. The number of ether oxygens (including phenoxy) is 1. The summed E-state index contributed by atoms with van der Waals surface area (Å²) in [4.78, 5) is 0. The summed E-state index contributed by atoms with van der Waals surface area (Å²) >= 11 is 6.80. The first-order chi connectivity index (χ1) is 8.22. The van der Waals surface area contributed by atoms with E-state index in [4.69, 9.17) is 9.15 Å². The van der Waals surface area contributed by atoms with E-state index in [0.29, 0.717) is 5.92 Å². The van der Waals surface area contributed by atoms with Crippen molar-refractivity contribution in [1.82, 2.24) is 5.32 Å². The third kappa shape index (κ3) is 3.34. The van der Waals surface area contributed by atoms with Crippen molar-refractivity contribution in [2.75, 3.05) is 19.7 Å². The first-order valence-corrected chi connectivity index (χ1v) is 7.58. The Morgan fingerprint density at radius 2 is 2.29 bits per heavy atom. The molecule has 2 unspecified atom stereocenters. The van der Waals surface area contributed by atoms with Gasteiger partial charge in [-0.15, -0.1) is 0 Å². The lowest BCUT2D eigenvalue weighted by Crippen LogP contribution is -2.25. The highest BCUT2D eigenvalue weighted by Crippen LogP contribution is 2.38. The van der Waals surface area contributed by atoms with Gasteiger partial charge in [-0.3, -0.25) is 0 Å². The predicted molar refractivity (Wildman–Crippen MR) is 74.1 cm³/mol. The zero-order chi connectivity index (χ0) is 12.3. The fraction of sp³-hybridized carbons (Fsp3) is 0.667. The van der Waals surface area contributed by atoms with E-state index in [-0.39, 0.29) is 6.10 Å². The van der Waals surface area contributed by atoms with Gasteiger partial charge in [-0.1, -0.05) is 6.92 Å². The number of furan rings is 1. The van der Waals surface area contributed by atoms with E-state index in [9.17, 15) is 0 Å². The largest absolute Gasteiger partial charge is 0.450 e. The van der Waals surface area contributed by atoms with Gasteiger partial charge in [-0.25, -0.2) is 0 Å². The second-order valence-electron chi connectivity index (χ2n) is 4.31. The first-order valence-electron chi connectivity index (χ1n) is 5.99. The Morgan fingerprint density at radius 3 is 2.94 bits per heavy atom. The number of nitrogens with one attached hydrogen (secondary N) is 1. The Morgan fingerprint density at radius 1 is 1.47 bits per heavy atom. The molecular weight excluding hydrogens is 350 g/mol. The van der Waals surface area contributed by atoms with E-state index in [2.05, 4.69) is 44.1 Å². The summed E-state index contributed by atoms with van der Waals surface area (Å²) < 4.78 is 13.1. The fourth-order valence-electron chi connectivity index (χ4n) is 2.13. The third-order valence-corrected chi connectivity index (χ3v) is 4.70. The van der Waals surface area contributed by atoms with E-state index in [1.807, 2.05) is 6.07 Å². The molecule has 2 heterocycles. The van der Waals surface area contributed by atoms with Crippen LogP contribution in [0.5, 0.6) is 0 Å². The molecule has 0 radical (unpaired) electrons. The SMILES string of the molecule is CCCNCC1CCOC1c1cc(Br)c(Br)o1. The van der Waals surface area contributed by atoms with E-state index in [1.54, 1.807) is 0 Å². The lowest BCUT2D eigenvalue weighted by molar-refractivity contribution is 0.0714. The lowest BCUT2D eigenvalue weighted by atomic mass is 10.00. The zero-order valence-corrected chi connectivity index (χ0v) is 13.0. The molecule has 1 saturated heterocycles. The summed E-state index contributed by atoms with van der Waals surface area (Å²) in [5.41, 5.74) is 0. The number of halogens is 2. The molecule has 5 heteroatoms. The summed E-state index contributed by atoms with van der Waals surface area (Å²) in [6.45, 7) is 5.05. The van der Waals surface area contributed by atoms with Crippen LogP contribution in [-0.2, 0) is 4.74 Å². The van der Waals surface area contributed by atoms with Crippen molar-refractivity contribution in [3.63, 3.8) is 0 Å². The van der Waals surface area contributed by atoms with Crippen LogP contribution in [0.3, 0.4) is 0 Å². The highest BCUT2D eigenvalue weighted by molar-refractivity contribution is 9.13. The van der Waals surface area contributed by atoms with Gasteiger partial charge < -0.3 is 14.5 Å². The maximum absolute atomic E-state index is 5.78. The van der Waals surface area contributed by atoms with Crippen molar-refractivity contribution < 1.29 is 9.15 Å². The Balaban J connectivity index is 1.98. The summed E-state index contributed by atoms with van der Waals surface area (Å²) in [5, 5.41) is 3.45. The van der Waals surface area contributed by atoms with Gasteiger partial charge in [0.15, 0.2) is 4.67 Å². The van der Waals surface area contributed by atoms with E-state index < -0.39 is 0 Å². The Kier molecular flexibility index (Phi) is 5.09. The molecule has 1 aliphatic rings. The Bertz CT molecular complexity index is 348. The molecule has 2 atom stereocenters. The molecule has 0 aromatic carbocycles. The zero-order valence-electron chi connectivity index (χ0n) is 9.84. The molecule has 1 aromatic rings. The van der Waals surface area contributed by atoms with Gasteiger partial charge in [-0.05, 0) is 57.3 Å². The molecule has 96 valence electrons. The highest BCUT2D eigenvalue weighted by atomic mass is 79.9. The monoisotopic (exact) mass is 365 g/mol. The van der Waals surface area contributed by atoms with Gasteiger partial charge in [0.05, 0.1) is 4.47 Å². The van der Waals surface area contributed by atoms with E-state index >= 15 is 0 Å². The van der Waals surface area contributed by atoms with Crippen LogP contribution in [0.2, 0.25) is 0 Å². The molecule has 1 aromatic heterocycles. The molecule has 0 bridgehead atoms. The minimum atomic E-state index is 0.0851. The van der Waals surface area contributed by atoms with Crippen molar-refractivity contribution in [1.29, 1.82) is 0 Å². The third-order valence-electron chi connectivity index (χ3n) is 2.99. The molecule has 1 aliphatic heterocycles. The van der Waals surface area contributed by atoms with Crippen molar-refractivity contribution in [2.45, 2.75) is 25.9 Å². The number of hydrogen-bond acceptors (Lipinski definition) is 3. The van der Waals surface area contributed by atoms with Gasteiger partial charge in [0.1, 0.15) is 11.9 Å². The summed E-state index contributed by atoms with van der Waals surface area (Å²) in [6.07, 6.45) is 2.34. The van der Waals surface area contributed by atoms with Gasteiger partial charge in [0.2, 0.25) is 0 Å². The lowest BCUT2D eigenvalue weighted by Gasteiger charge is -2.16. The summed E-state index contributed by atoms with van der Waals surface area (Å²) in [6, 6.07) is 1.99. The van der Waals surface area contributed by atoms with Crippen LogP contribution < -0.4 is 5.32 Å². The normalized spacial score (nSPS) is 24.4. The first kappa shape index (κ1) is 13.6. The number of rotatable bonds is 5. The summed E-state index contributed by atoms with van der Waals surface area (Å²) in [7, 11) is 0. The molecule has 1 fully saturated rings. The van der Waals surface area contributed by atoms with Gasteiger partial charge in [0.25, 0.3) is 0 Å². The standard InChI is InChI=1S/C12H17Br2NO2/c1-2-4-15-7-8-3-5-16-11(8)10-6-9(13)12(14)17-10/h6,8,11,15H,2-5,7H2,1H3. The molecule has 2 rings (SSSR count). The molecular formula is C12H17Br2NO2. The van der Waals surface area contributed by atoms with Crippen LogP contribution in [-0.4, -0.2) is 19.7 Å². The van der Waals surface area contributed by atoms with Crippen LogP contribution in [0, 0.1) is 5.92 Å². The molecule has 17 heavy (non-hydrogen) atoms. The highest BCUT2D eigenvalue weighted by Gasteiger charge is 2.32. The molecule has 3 nitrogen and oxygen atoms in total. The second-order valence-corrected chi connectivity index (χ2v) is 5.89. The fourth-order valence-corrected chi connectivity index (χ4v) is 2.73. The second kappa shape index (κ2) is 6.36. The van der Waals surface area contributed by atoms with Crippen LogP contribution in [0.25, 0.3) is 0 Å². The van der Waals surface area contributed by atoms with Crippen LogP contribution >= 0.6 is 31.9 Å². The van der Waals surface area contributed by atoms with Crippen molar-refractivity contribution >= 4 is 31.9 Å². The van der Waals surface area contributed by atoms with Crippen molar-refractivity contribution in [3.05, 3.63) is 21.0 Å². The Labute approximate surface area is 119 Å². The molecule has 0 spiro atoms. The van der Waals surface area contributed by atoms with E-state index in [1.165, 1.54) is 0 Å². The van der Waals surface area contributed by atoms with E-state index in [0.717, 1.165) is 47.4 Å². The molecule has 1 N–H and O–H groups in total. The summed E-state index contributed by atoms with van der Waals surface area (Å²) in [5.74, 6) is 1.41. The predicted octanol–water partition coefficient (Wildman–Crippen LogP) is 3.88. The smallest absolute Gasteiger partial charge is 0.183 e. The van der Waals surface area contributed by atoms with Gasteiger partial charge >= 0.3 is 0 Å². The minimum Gasteiger partial charge on any atom is -0.450 e. The maximum Gasteiger partial charge on any atom is 0.183 e. The van der Waals surface area contributed by atoms with Crippen molar-refractivity contribution in [2.24, 2.45) is 5.92 Å². The average Bonchev–Trinajstić information content (AvgIpc) is 2.87. The quantitative estimate of drug-likeness (QED) is 0.803. The van der Waals surface area contributed by atoms with Crippen LogP contribution in [0.1, 0.15) is 31.6 Å². The van der Waals surface area contributed by atoms with Crippen LogP contribution in [0.4, 0.5) is 0 Å². The Hall–Kier alpha value is 0.160. The minimum absolute atomic E-state index is 0.0851. The van der Waals surface area contributed by atoms with Crippen molar-refractivity contribution in [3.8, 4) is 0 Å².